The van der Waals surface area contributed by atoms with E-state index < -0.39 is 5.60 Å². The summed E-state index contributed by atoms with van der Waals surface area (Å²) in [6, 6.07) is 3.50. The van der Waals surface area contributed by atoms with Gasteiger partial charge in [-0.25, -0.2) is 0 Å². The molecule has 2 unspecified atom stereocenters. The van der Waals surface area contributed by atoms with Crippen LogP contribution in [0.3, 0.4) is 0 Å². The smallest absolute Gasteiger partial charge is 0.252 e. The maximum absolute atomic E-state index is 11.9. The third-order valence-corrected chi connectivity index (χ3v) is 3.39. The van der Waals surface area contributed by atoms with Gasteiger partial charge in [-0.1, -0.05) is 0 Å². The molecular weight excluding hydrogens is 232 g/mol. The zero-order valence-corrected chi connectivity index (χ0v) is 10.6. The van der Waals surface area contributed by atoms with Crippen LogP contribution in [0.25, 0.3) is 0 Å². The van der Waals surface area contributed by atoms with E-state index in [0.717, 1.165) is 5.69 Å². The number of rotatable bonds is 3. The molecule has 0 saturated carbocycles. The minimum atomic E-state index is -0.964. The summed E-state index contributed by atoms with van der Waals surface area (Å²) in [4.78, 5) is 15.9. The zero-order chi connectivity index (χ0) is 13.2. The SMILES string of the molecule is Cc1ccc(C(=O)NCC2(O)CCOC2C)cn1. The lowest BCUT2D eigenvalue weighted by Crippen LogP contribution is -2.47. The summed E-state index contributed by atoms with van der Waals surface area (Å²) >= 11 is 0. The lowest BCUT2D eigenvalue weighted by molar-refractivity contribution is -0.0251. The fourth-order valence-electron chi connectivity index (χ4n) is 1.94. The molecule has 2 heterocycles. The van der Waals surface area contributed by atoms with Gasteiger partial charge in [0.1, 0.15) is 5.60 Å². The first kappa shape index (κ1) is 13.0. The standard InChI is InChI=1S/C13H18N2O3/c1-9-3-4-11(7-14-9)12(16)15-8-13(17)5-6-18-10(13)2/h3-4,7,10,17H,5-6,8H2,1-2H3,(H,15,16). The van der Waals surface area contributed by atoms with Crippen LogP contribution >= 0.6 is 0 Å². The van der Waals surface area contributed by atoms with Crippen molar-refractivity contribution in [2.45, 2.75) is 32.0 Å². The Kier molecular flexibility index (Phi) is 3.63. The molecule has 1 saturated heterocycles. The first-order valence-corrected chi connectivity index (χ1v) is 6.06. The molecule has 18 heavy (non-hydrogen) atoms. The van der Waals surface area contributed by atoms with Crippen LogP contribution in [0.2, 0.25) is 0 Å². The lowest BCUT2D eigenvalue weighted by Gasteiger charge is -2.26. The number of hydrogen-bond donors (Lipinski definition) is 2. The van der Waals surface area contributed by atoms with E-state index in [0.29, 0.717) is 18.6 Å². The molecule has 0 spiro atoms. The molecule has 1 aliphatic heterocycles. The molecule has 0 aliphatic carbocycles. The Morgan fingerprint density at radius 1 is 1.67 bits per heavy atom. The number of hydrogen-bond acceptors (Lipinski definition) is 4. The summed E-state index contributed by atoms with van der Waals surface area (Å²) in [6.07, 6.45) is 1.82. The van der Waals surface area contributed by atoms with Crippen molar-refractivity contribution in [1.82, 2.24) is 10.3 Å². The van der Waals surface area contributed by atoms with Crippen molar-refractivity contribution < 1.29 is 14.6 Å². The molecule has 0 bridgehead atoms. The fraction of sp³-hybridized carbons (Fsp3) is 0.538. The van der Waals surface area contributed by atoms with Crippen molar-refractivity contribution in [2.24, 2.45) is 0 Å². The summed E-state index contributed by atoms with van der Waals surface area (Å²) in [5.74, 6) is -0.227. The van der Waals surface area contributed by atoms with Crippen LogP contribution in [0.5, 0.6) is 0 Å². The minimum Gasteiger partial charge on any atom is -0.385 e. The van der Waals surface area contributed by atoms with E-state index >= 15 is 0 Å². The van der Waals surface area contributed by atoms with Crippen LogP contribution in [0.4, 0.5) is 0 Å². The van der Waals surface area contributed by atoms with Gasteiger partial charge in [0, 0.05) is 31.5 Å². The highest BCUT2D eigenvalue weighted by atomic mass is 16.5. The van der Waals surface area contributed by atoms with Gasteiger partial charge in [0.25, 0.3) is 5.91 Å². The number of nitrogens with one attached hydrogen (secondary N) is 1. The van der Waals surface area contributed by atoms with E-state index in [-0.39, 0.29) is 18.6 Å². The second kappa shape index (κ2) is 5.04. The highest BCUT2D eigenvalue weighted by Gasteiger charge is 2.39. The Balaban J connectivity index is 1.94. The van der Waals surface area contributed by atoms with Gasteiger partial charge in [-0.15, -0.1) is 0 Å². The van der Waals surface area contributed by atoms with Gasteiger partial charge in [0.15, 0.2) is 0 Å². The van der Waals surface area contributed by atoms with Crippen LogP contribution in [0.1, 0.15) is 29.4 Å². The number of pyridine rings is 1. The number of aryl methyl sites for hydroxylation is 1. The summed E-state index contributed by atoms with van der Waals surface area (Å²) < 4.78 is 5.31. The number of amides is 1. The topological polar surface area (TPSA) is 71.5 Å². The van der Waals surface area contributed by atoms with Gasteiger partial charge in [0.2, 0.25) is 0 Å². The Morgan fingerprint density at radius 3 is 3.00 bits per heavy atom. The van der Waals surface area contributed by atoms with Crippen molar-refractivity contribution in [3.05, 3.63) is 29.6 Å². The van der Waals surface area contributed by atoms with E-state index in [4.69, 9.17) is 4.74 Å². The summed E-state index contributed by atoms with van der Waals surface area (Å²) in [5.41, 5.74) is 0.395. The first-order chi connectivity index (χ1) is 8.51. The summed E-state index contributed by atoms with van der Waals surface area (Å²) in [7, 11) is 0. The Labute approximate surface area is 106 Å². The van der Waals surface area contributed by atoms with Gasteiger partial charge in [-0.2, -0.15) is 0 Å². The van der Waals surface area contributed by atoms with Crippen molar-refractivity contribution in [2.75, 3.05) is 13.2 Å². The molecule has 0 aromatic carbocycles. The maximum Gasteiger partial charge on any atom is 0.252 e. The first-order valence-electron chi connectivity index (χ1n) is 6.06. The highest BCUT2D eigenvalue weighted by molar-refractivity contribution is 5.93. The molecular formula is C13H18N2O3. The van der Waals surface area contributed by atoms with Gasteiger partial charge < -0.3 is 15.2 Å². The molecule has 1 aliphatic rings. The second-order valence-corrected chi connectivity index (χ2v) is 4.74. The summed E-state index contributed by atoms with van der Waals surface area (Å²) in [6.45, 7) is 4.40. The van der Waals surface area contributed by atoms with Crippen molar-refractivity contribution in [3.63, 3.8) is 0 Å². The van der Waals surface area contributed by atoms with Gasteiger partial charge >= 0.3 is 0 Å². The van der Waals surface area contributed by atoms with Crippen LogP contribution in [0.15, 0.2) is 18.3 Å². The zero-order valence-electron chi connectivity index (χ0n) is 10.6. The van der Waals surface area contributed by atoms with E-state index in [1.165, 1.54) is 6.20 Å². The molecule has 0 radical (unpaired) electrons. The molecule has 2 atom stereocenters. The fourth-order valence-corrected chi connectivity index (χ4v) is 1.94. The number of ether oxygens (including phenoxy) is 1. The monoisotopic (exact) mass is 250 g/mol. The molecule has 98 valence electrons. The van der Waals surface area contributed by atoms with Crippen molar-refractivity contribution >= 4 is 5.91 Å². The van der Waals surface area contributed by atoms with E-state index in [2.05, 4.69) is 10.3 Å². The number of aliphatic hydroxyl groups is 1. The molecule has 1 aromatic rings. The average molecular weight is 250 g/mol. The Hall–Kier alpha value is -1.46. The van der Waals surface area contributed by atoms with E-state index in [1.807, 2.05) is 13.8 Å². The molecule has 1 fully saturated rings. The average Bonchev–Trinajstić information content (AvgIpc) is 2.68. The highest BCUT2D eigenvalue weighted by Crippen LogP contribution is 2.24. The quantitative estimate of drug-likeness (QED) is 0.826. The van der Waals surface area contributed by atoms with Crippen LogP contribution < -0.4 is 5.32 Å². The molecule has 2 rings (SSSR count). The van der Waals surface area contributed by atoms with Gasteiger partial charge in [-0.3, -0.25) is 9.78 Å². The van der Waals surface area contributed by atoms with E-state index in [1.54, 1.807) is 12.1 Å². The largest absolute Gasteiger partial charge is 0.385 e. The maximum atomic E-state index is 11.9. The minimum absolute atomic E-state index is 0.195. The van der Waals surface area contributed by atoms with Gasteiger partial charge in [0.05, 0.1) is 11.7 Å². The summed E-state index contributed by atoms with van der Waals surface area (Å²) in [5, 5.41) is 13.0. The Morgan fingerprint density at radius 2 is 2.44 bits per heavy atom. The second-order valence-electron chi connectivity index (χ2n) is 4.74. The molecule has 1 aromatic heterocycles. The van der Waals surface area contributed by atoms with Crippen LogP contribution in [-0.2, 0) is 4.74 Å². The molecule has 1 amide bonds. The van der Waals surface area contributed by atoms with Gasteiger partial charge in [-0.05, 0) is 26.0 Å². The number of nitrogens with zero attached hydrogens (tertiary/aromatic N) is 1. The molecule has 5 heteroatoms. The molecule has 5 nitrogen and oxygen atoms in total. The lowest BCUT2D eigenvalue weighted by atomic mass is 9.96. The van der Waals surface area contributed by atoms with Crippen molar-refractivity contribution in [3.8, 4) is 0 Å². The normalized spacial score (nSPS) is 27.2. The number of aromatic nitrogens is 1. The van der Waals surface area contributed by atoms with Crippen LogP contribution in [-0.4, -0.2) is 40.9 Å². The third kappa shape index (κ3) is 2.68. The van der Waals surface area contributed by atoms with E-state index in [9.17, 15) is 9.90 Å². The van der Waals surface area contributed by atoms with Crippen LogP contribution in [0, 0.1) is 6.92 Å². The number of carbonyl (C=O) groups is 1. The third-order valence-electron chi connectivity index (χ3n) is 3.39. The Bertz CT molecular complexity index is 432. The number of carbonyl (C=O) groups excluding carboxylic acids is 1. The predicted molar refractivity (Wildman–Crippen MR) is 66.3 cm³/mol. The predicted octanol–water partition coefficient (Wildman–Crippen LogP) is 0.660. The molecule has 2 N–H and O–H groups in total. The van der Waals surface area contributed by atoms with Crippen molar-refractivity contribution in [1.29, 1.82) is 0 Å².